The number of hydrogen-bond acceptors (Lipinski definition) is 6. The maximum atomic E-state index is 8.56. The molecule has 0 saturated heterocycles. The molecule has 10 nitrogen and oxygen atoms in total. The number of carboxylic acid groups (broad SMARTS) is 4. The van der Waals surface area contributed by atoms with Gasteiger partial charge in [0.15, 0.2) is 0 Å². The molecular weight excluding hydrogens is 1020 g/mol. The first-order valence-corrected chi connectivity index (χ1v) is 3.99. The molecule has 30 heavy (non-hydrogen) atoms. The first-order chi connectivity index (χ1) is 5.46. The van der Waals surface area contributed by atoms with Gasteiger partial charge in [-0.15, -0.1) is 105 Å². The fraction of sp³-hybridized carbons (Fsp3) is 0. The molecule has 0 saturated carbocycles. The van der Waals surface area contributed by atoms with Gasteiger partial charge >= 0.3 is 431 Å². The van der Waals surface area contributed by atoms with Gasteiger partial charge in [0.05, 0.1) is 0 Å². The van der Waals surface area contributed by atoms with Crippen molar-refractivity contribution in [1.29, 1.82) is 0 Å². The maximum absolute atomic E-state index is 8.56. The molecule has 8 N–H and O–H groups in total. The molecule has 0 aliphatic rings. The van der Waals surface area contributed by atoms with Crippen molar-refractivity contribution in [2.75, 3.05) is 0 Å². The van der Waals surface area contributed by atoms with Crippen LogP contribution in [-0.2, 0) is 0 Å². The summed E-state index contributed by atoms with van der Waals surface area (Å²) in [5.74, 6) is 0. The molecule has 168 valence electrons. The molecule has 0 aromatic carbocycles. The van der Waals surface area contributed by atoms with Gasteiger partial charge in [-0.25, -0.2) is 9.59 Å². The molecule has 0 aliphatic carbocycles. The third-order valence-corrected chi connectivity index (χ3v) is 0. The van der Waals surface area contributed by atoms with E-state index in [-0.39, 0.29) is 515 Å². The van der Waals surface area contributed by atoms with Crippen LogP contribution in [-0.4, -0.2) is 471 Å². The van der Waals surface area contributed by atoms with Gasteiger partial charge in [-0.1, -0.05) is 0 Å². The van der Waals surface area contributed by atoms with Gasteiger partial charge in [-0.2, -0.15) is 0 Å². The molecule has 0 aromatic heterocycles. The average molecular weight is 1050 g/mol. The Morgan fingerprint density at radius 1 is 0.467 bits per heavy atom. The van der Waals surface area contributed by atoms with Crippen molar-refractivity contribution in [2.45, 2.75) is 0 Å². The van der Waals surface area contributed by atoms with Crippen molar-refractivity contribution in [1.82, 2.24) is 0 Å². The van der Waals surface area contributed by atoms with E-state index in [1.807, 2.05) is 0 Å². The van der Waals surface area contributed by atoms with Crippen molar-refractivity contribution in [3.8, 4) is 0 Å². The second kappa shape index (κ2) is 112. The van der Waals surface area contributed by atoms with Crippen LogP contribution in [0.5, 0.6) is 0 Å². The molecule has 0 heterocycles. The van der Waals surface area contributed by atoms with E-state index < -0.39 is 21.4 Å². The van der Waals surface area contributed by atoms with Crippen LogP contribution in [0.1, 0.15) is 0 Å². The number of carbonyl (C=O) groups is 2. The fourth-order valence-electron chi connectivity index (χ4n) is 0. The van der Waals surface area contributed by atoms with E-state index in [2.05, 4.69) is 0 Å². The van der Waals surface area contributed by atoms with Gasteiger partial charge in [0.25, 0.3) is 0 Å². The first-order valence-electron chi connectivity index (χ1n) is 2.20. The Labute approximate surface area is 566 Å². The first kappa shape index (κ1) is 140. The Hall–Kier alpha value is 14.9. The second-order valence-electron chi connectivity index (χ2n) is 1.17. The van der Waals surface area contributed by atoms with Gasteiger partial charge in [0.2, 0.25) is 0 Å². The van der Waals surface area contributed by atoms with E-state index in [1.165, 1.54) is 0 Å². The minimum absolute atomic E-state index is 0. The Bertz CT molecular complexity index is 186. The summed E-state index contributed by atoms with van der Waals surface area (Å²) < 4.78 is 0. The normalized spacial score (nSPS) is 3.60. The summed E-state index contributed by atoms with van der Waals surface area (Å²) in [5, 5.41) is 27.9. The molecular formula is C2H31Br4Ca6Cl3K3NaO10Si. The van der Waals surface area contributed by atoms with Crippen LogP contribution in [0.2, 0.25) is 0 Å². The molecule has 28 heteroatoms. The Balaban J connectivity index is -0.00000000217. The van der Waals surface area contributed by atoms with Crippen molar-refractivity contribution in [2.24, 2.45) is 0 Å². The number of rotatable bonds is 0. The number of halogens is 7. The van der Waals surface area contributed by atoms with Crippen LogP contribution in [0.4, 0.5) is 9.59 Å². The van der Waals surface area contributed by atoms with Crippen molar-refractivity contribution >= 4 is 537 Å². The van der Waals surface area contributed by atoms with E-state index in [0.717, 1.165) is 0 Å². The number of hydrogen-bond donors (Lipinski definition) is 8. The predicted octanol–water partition coefficient (Wildman–Crippen LogP) is -6.68. The molecule has 0 bridgehead atoms. The fourth-order valence-corrected chi connectivity index (χ4v) is 0. The molecule has 0 radical (unpaired) electrons. The zero-order valence-electron chi connectivity index (χ0n) is 8.75. The van der Waals surface area contributed by atoms with Crippen LogP contribution in [0.3, 0.4) is 0 Å². The molecule has 0 aliphatic heterocycles. The van der Waals surface area contributed by atoms with Crippen LogP contribution in [0, 0.1) is 0 Å². The zero-order valence-corrected chi connectivity index (χ0v) is 19.1. The van der Waals surface area contributed by atoms with Crippen molar-refractivity contribution < 1.29 is 49.2 Å². The van der Waals surface area contributed by atoms with Gasteiger partial charge in [-0.05, 0) is 0 Å². The molecule has 0 atom stereocenters. The van der Waals surface area contributed by atoms with Crippen LogP contribution >= 0.6 is 105 Å². The standard InChI is InChI=1S/2CH2O3.4BrH.6Ca.3ClH.3K.Na.H4O4Si.16H/c2*2-1(3)4;;;;;;;;;;;;;;;;;;1-5(2,3)4;;;;;;;;;;;;;;;;/h2*(H2,2,3,4);4*1H;;;;;;;3*1H;;;;;1-4H;;;;;;;;;;;;;;;;. The minimum atomic E-state index is -4.61. The van der Waals surface area contributed by atoms with E-state index in [9.17, 15) is 0 Å². The molecule has 0 rings (SSSR count). The predicted molar refractivity (Wildman–Crippen MR) is 179 cm³/mol. The molecule has 0 unspecified atom stereocenters. The Morgan fingerprint density at radius 2 is 0.467 bits per heavy atom. The van der Waals surface area contributed by atoms with E-state index in [0.29, 0.717) is 0 Å². The zero-order chi connectivity index (χ0) is 11.7. The van der Waals surface area contributed by atoms with Gasteiger partial charge < -0.3 is 39.6 Å². The molecule has 0 fully saturated rings. The topological polar surface area (TPSA) is 196 Å². The summed E-state index contributed by atoms with van der Waals surface area (Å²) in [5.41, 5.74) is 0. The third-order valence-electron chi connectivity index (χ3n) is 0. The summed E-state index contributed by atoms with van der Waals surface area (Å²) in [6.45, 7) is 0. The van der Waals surface area contributed by atoms with Crippen molar-refractivity contribution in [3.05, 3.63) is 0 Å². The van der Waals surface area contributed by atoms with E-state index in [4.69, 9.17) is 49.2 Å². The summed E-state index contributed by atoms with van der Waals surface area (Å²) in [7, 11) is -4.61. The SMILES string of the molecule is Br.Br.Br.Br.Cl.Cl.Cl.O=C(O)O.O=C(O)O.O[Si](O)(O)O.[CaH2].[CaH2].[CaH2].[CaH2].[CaH2].[CaH2].[KH].[KH].[KH].[NaH]. The summed E-state index contributed by atoms with van der Waals surface area (Å²) in [6, 6.07) is 0. The average Bonchev–Trinajstić information content (AvgIpc) is 1.50. The monoisotopic (exact) mass is 1040 g/mol. The summed E-state index contributed by atoms with van der Waals surface area (Å²) in [4.78, 5) is 46.4. The summed E-state index contributed by atoms with van der Waals surface area (Å²) >= 11 is 0. The Morgan fingerprint density at radius 3 is 0.467 bits per heavy atom. The second-order valence-corrected chi connectivity index (χ2v) is 2.37. The quantitative estimate of drug-likeness (QED) is 0.108. The Kier molecular flexibility index (Phi) is 520. The van der Waals surface area contributed by atoms with Crippen LogP contribution < -0.4 is 0 Å². The van der Waals surface area contributed by atoms with Crippen LogP contribution in [0.25, 0.3) is 0 Å². The molecule has 0 spiro atoms. The summed E-state index contributed by atoms with van der Waals surface area (Å²) in [6.07, 6.45) is -3.67. The van der Waals surface area contributed by atoms with Crippen LogP contribution in [0.15, 0.2) is 0 Å². The molecule has 0 aromatic rings. The van der Waals surface area contributed by atoms with E-state index >= 15 is 0 Å². The van der Waals surface area contributed by atoms with Gasteiger partial charge in [0, 0.05) is 0 Å². The third kappa shape index (κ3) is 340. The molecule has 0 amide bonds. The van der Waals surface area contributed by atoms with Gasteiger partial charge in [-0.3, -0.25) is 0 Å². The van der Waals surface area contributed by atoms with Gasteiger partial charge in [0.1, 0.15) is 0 Å². The van der Waals surface area contributed by atoms with Crippen molar-refractivity contribution in [3.63, 3.8) is 0 Å². The van der Waals surface area contributed by atoms with E-state index in [1.54, 1.807) is 0 Å².